The first kappa shape index (κ1) is 19.2. The number of hydrogen-bond donors (Lipinski definition) is 0. The molecule has 4 rings (SSSR count). The van der Waals surface area contributed by atoms with Crippen LogP contribution in [0.3, 0.4) is 0 Å². The zero-order valence-corrected chi connectivity index (χ0v) is 16.5. The monoisotopic (exact) mass is 389 g/mol. The molecule has 1 aliphatic rings. The third-order valence-electron chi connectivity index (χ3n) is 5.88. The van der Waals surface area contributed by atoms with Crippen molar-refractivity contribution < 1.29 is 9.18 Å². The van der Waals surface area contributed by atoms with E-state index in [1.54, 1.807) is 24.1 Å². The highest BCUT2D eigenvalue weighted by Gasteiger charge is 2.43. The van der Waals surface area contributed by atoms with E-state index in [9.17, 15) is 9.18 Å². The van der Waals surface area contributed by atoms with Crippen LogP contribution in [0.2, 0.25) is 0 Å². The molecule has 0 N–H and O–H groups in total. The smallest absolute Gasteiger partial charge is 0.238 e. The lowest BCUT2D eigenvalue weighted by molar-refractivity contribution is -0.125. The van der Waals surface area contributed by atoms with Crippen molar-refractivity contribution in [3.63, 3.8) is 0 Å². The summed E-state index contributed by atoms with van der Waals surface area (Å²) in [4.78, 5) is 15.2. The molecule has 1 aliphatic carbocycles. The van der Waals surface area contributed by atoms with Crippen LogP contribution in [0.4, 0.5) is 10.2 Å². The van der Waals surface area contributed by atoms with E-state index in [4.69, 9.17) is 0 Å². The standard InChI is InChI=1S/C24H24FN3O/c1-28(22-15-14-21(26-27-22)18-8-4-2-5-9-18)23(29)24(16-6-3-7-17-24)19-10-12-20(25)13-11-19/h2,4-5,8-15H,3,6-7,16-17H2,1H3. The molecule has 0 saturated heterocycles. The van der Waals surface area contributed by atoms with Gasteiger partial charge in [0.1, 0.15) is 5.82 Å². The maximum Gasteiger partial charge on any atom is 0.238 e. The molecule has 1 heterocycles. The quantitative estimate of drug-likeness (QED) is 0.620. The van der Waals surface area contributed by atoms with Crippen molar-refractivity contribution >= 4 is 11.7 Å². The van der Waals surface area contributed by atoms with E-state index in [0.717, 1.165) is 48.9 Å². The zero-order chi connectivity index (χ0) is 20.3. The zero-order valence-electron chi connectivity index (χ0n) is 16.5. The van der Waals surface area contributed by atoms with E-state index in [1.165, 1.54) is 12.1 Å². The van der Waals surface area contributed by atoms with Gasteiger partial charge in [0.15, 0.2) is 5.82 Å². The third kappa shape index (κ3) is 3.77. The summed E-state index contributed by atoms with van der Waals surface area (Å²) in [6.45, 7) is 0. The fourth-order valence-corrected chi connectivity index (χ4v) is 4.24. The molecular formula is C24H24FN3O. The van der Waals surface area contributed by atoms with Gasteiger partial charge in [0, 0.05) is 12.6 Å². The second-order valence-corrected chi connectivity index (χ2v) is 7.66. The SMILES string of the molecule is CN(C(=O)C1(c2ccc(F)cc2)CCCCC1)c1ccc(-c2ccccc2)nn1. The first-order chi connectivity index (χ1) is 14.1. The van der Waals surface area contributed by atoms with Gasteiger partial charge in [-0.05, 0) is 42.7 Å². The van der Waals surface area contributed by atoms with Gasteiger partial charge in [-0.1, -0.05) is 61.7 Å². The summed E-state index contributed by atoms with van der Waals surface area (Å²) in [6, 6.07) is 19.9. The third-order valence-corrected chi connectivity index (χ3v) is 5.88. The van der Waals surface area contributed by atoms with E-state index in [0.29, 0.717) is 5.82 Å². The van der Waals surface area contributed by atoms with E-state index < -0.39 is 5.41 Å². The molecule has 2 aromatic carbocycles. The first-order valence-corrected chi connectivity index (χ1v) is 10.0. The maximum absolute atomic E-state index is 13.6. The minimum atomic E-state index is -0.638. The Balaban J connectivity index is 1.63. The van der Waals surface area contributed by atoms with Crippen molar-refractivity contribution in [3.8, 4) is 11.3 Å². The Morgan fingerprint density at radius 1 is 0.897 bits per heavy atom. The number of rotatable bonds is 4. The van der Waals surface area contributed by atoms with Crippen LogP contribution in [0.25, 0.3) is 11.3 Å². The number of aromatic nitrogens is 2. The molecule has 3 aromatic rings. The molecule has 5 heteroatoms. The van der Waals surface area contributed by atoms with Gasteiger partial charge in [-0.15, -0.1) is 10.2 Å². The number of benzene rings is 2. The Bertz CT molecular complexity index is 965. The highest BCUT2D eigenvalue weighted by Crippen LogP contribution is 2.41. The average molecular weight is 389 g/mol. The summed E-state index contributed by atoms with van der Waals surface area (Å²) >= 11 is 0. The van der Waals surface area contributed by atoms with Gasteiger partial charge in [-0.3, -0.25) is 9.69 Å². The summed E-state index contributed by atoms with van der Waals surface area (Å²) in [5, 5.41) is 8.62. The van der Waals surface area contributed by atoms with Crippen LogP contribution in [0.1, 0.15) is 37.7 Å². The Kier molecular flexibility index (Phi) is 5.38. The number of nitrogens with zero attached hydrogens (tertiary/aromatic N) is 3. The largest absolute Gasteiger partial charge is 0.298 e. The summed E-state index contributed by atoms with van der Waals surface area (Å²) in [6.07, 6.45) is 4.60. The fraction of sp³-hybridized carbons (Fsp3) is 0.292. The van der Waals surface area contributed by atoms with Crippen molar-refractivity contribution in [3.05, 3.63) is 78.1 Å². The second-order valence-electron chi connectivity index (χ2n) is 7.66. The molecule has 1 fully saturated rings. The lowest BCUT2D eigenvalue weighted by Crippen LogP contribution is -2.47. The van der Waals surface area contributed by atoms with E-state index in [2.05, 4.69) is 10.2 Å². The molecule has 148 valence electrons. The number of halogens is 1. The summed E-state index contributed by atoms with van der Waals surface area (Å²) < 4.78 is 13.5. The van der Waals surface area contributed by atoms with Crippen LogP contribution in [0.15, 0.2) is 66.7 Å². The van der Waals surface area contributed by atoms with Gasteiger partial charge >= 0.3 is 0 Å². The molecule has 0 aliphatic heterocycles. The fourth-order valence-electron chi connectivity index (χ4n) is 4.24. The molecular weight excluding hydrogens is 365 g/mol. The second kappa shape index (κ2) is 8.11. The highest BCUT2D eigenvalue weighted by molar-refractivity contribution is 6.00. The summed E-state index contributed by atoms with van der Waals surface area (Å²) in [5.41, 5.74) is 1.99. The molecule has 29 heavy (non-hydrogen) atoms. The average Bonchev–Trinajstić information content (AvgIpc) is 2.80. The Morgan fingerprint density at radius 2 is 1.59 bits per heavy atom. The number of carbonyl (C=O) groups is 1. The van der Waals surface area contributed by atoms with Crippen molar-refractivity contribution in [2.45, 2.75) is 37.5 Å². The molecule has 1 saturated carbocycles. The van der Waals surface area contributed by atoms with Crippen molar-refractivity contribution in [2.24, 2.45) is 0 Å². The predicted molar refractivity (Wildman–Crippen MR) is 112 cm³/mol. The number of anilines is 1. The molecule has 4 nitrogen and oxygen atoms in total. The van der Waals surface area contributed by atoms with Gasteiger partial charge in [0.25, 0.3) is 0 Å². The first-order valence-electron chi connectivity index (χ1n) is 10.0. The van der Waals surface area contributed by atoms with Crippen LogP contribution < -0.4 is 4.90 Å². The Morgan fingerprint density at radius 3 is 2.21 bits per heavy atom. The van der Waals surface area contributed by atoms with E-state index >= 15 is 0 Å². The van der Waals surface area contributed by atoms with Gasteiger partial charge in [0.05, 0.1) is 11.1 Å². The lowest BCUT2D eigenvalue weighted by atomic mass is 9.68. The summed E-state index contributed by atoms with van der Waals surface area (Å²) in [7, 11) is 1.74. The van der Waals surface area contributed by atoms with Gasteiger partial charge in [0.2, 0.25) is 5.91 Å². The van der Waals surface area contributed by atoms with Crippen LogP contribution >= 0.6 is 0 Å². The maximum atomic E-state index is 13.6. The Hall–Kier alpha value is -3.08. The van der Waals surface area contributed by atoms with Gasteiger partial charge in [-0.25, -0.2) is 4.39 Å². The topological polar surface area (TPSA) is 46.1 Å². The molecule has 0 radical (unpaired) electrons. The van der Waals surface area contributed by atoms with Gasteiger partial charge < -0.3 is 0 Å². The number of hydrogen-bond acceptors (Lipinski definition) is 3. The van der Waals surface area contributed by atoms with Crippen molar-refractivity contribution in [2.75, 3.05) is 11.9 Å². The van der Waals surface area contributed by atoms with Crippen LogP contribution in [-0.2, 0) is 10.2 Å². The van der Waals surface area contributed by atoms with E-state index in [-0.39, 0.29) is 11.7 Å². The van der Waals surface area contributed by atoms with Crippen molar-refractivity contribution in [1.29, 1.82) is 0 Å². The minimum Gasteiger partial charge on any atom is -0.298 e. The van der Waals surface area contributed by atoms with Gasteiger partial charge in [-0.2, -0.15) is 0 Å². The minimum absolute atomic E-state index is 0.00873. The Labute approximate surface area is 170 Å². The summed E-state index contributed by atoms with van der Waals surface area (Å²) in [5.74, 6) is 0.218. The molecule has 0 spiro atoms. The molecule has 1 aromatic heterocycles. The van der Waals surface area contributed by atoms with Crippen molar-refractivity contribution in [1.82, 2.24) is 10.2 Å². The lowest BCUT2D eigenvalue weighted by Gasteiger charge is -2.38. The van der Waals surface area contributed by atoms with Crippen LogP contribution in [-0.4, -0.2) is 23.2 Å². The number of amides is 1. The molecule has 1 amide bonds. The highest BCUT2D eigenvalue weighted by atomic mass is 19.1. The normalized spacial score (nSPS) is 15.7. The number of carbonyl (C=O) groups excluding carboxylic acids is 1. The number of likely N-dealkylation sites (N-methyl/N-ethyl adjacent to an activating group) is 1. The molecule has 0 unspecified atom stereocenters. The van der Waals surface area contributed by atoms with E-state index in [1.807, 2.05) is 42.5 Å². The predicted octanol–water partition coefficient (Wildman–Crippen LogP) is 5.15. The van der Waals surface area contributed by atoms with Crippen LogP contribution in [0, 0.1) is 5.82 Å². The molecule has 0 bridgehead atoms. The molecule has 0 atom stereocenters. The van der Waals surface area contributed by atoms with Crippen LogP contribution in [0.5, 0.6) is 0 Å².